The Hall–Kier alpha value is -1.96. The zero-order valence-corrected chi connectivity index (χ0v) is 15.2. The molecule has 0 aromatic carbocycles. The van der Waals surface area contributed by atoms with Crippen LogP contribution in [0.2, 0.25) is 0 Å². The lowest BCUT2D eigenvalue weighted by atomic mass is 9.81. The van der Waals surface area contributed by atoms with Crippen molar-refractivity contribution in [1.82, 2.24) is 21.3 Å². The normalized spacial score (nSPS) is 19.8. The number of hydrogen-bond donors (Lipinski definition) is 4. The number of rotatable bonds is 10. The van der Waals surface area contributed by atoms with Crippen LogP contribution in [0.25, 0.3) is 0 Å². The molecule has 4 N–H and O–H groups in total. The second-order valence-electron chi connectivity index (χ2n) is 6.50. The van der Waals surface area contributed by atoms with Crippen LogP contribution in [0.15, 0.2) is 0 Å². The van der Waals surface area contributed by atoms with Crippen molar-refractivity contribution in [1.29, 1.82) is 0 Å². The highest BCUT2D eigenvalue weighted by atomic mass is 16.2. The molecule has 0 radical (unpaired) electrons. The summed E-state index contributed by atoms with van der Waals surface area (Å²) in [4.78, 5) is 45.9. The third-order valence-corrected chi connectivity index (χ3v) is 4.30. The first kappa shape index (κ1) is 21.1. The summed E-state index contributed by atoms with van der Waals surface area (Å²) in [7, 11) is 0. The van der Waals surface area contributed by atoms with E-state index in [0.717, 1.165) is 38.8 Å². The van der Waals surface area contributed by atoms with E-state index in [1.165, 1.54) is 6.92 Å². The van der Waals surface area contributed by atoms with Crippen molar-refractivity contribution in [3.8, 4) is 0 Å². The van der Waals surface area contributed by atoms with Crippen molar-refractivity contribution in [2.75, 3.05) is 32.7 Å². The van der Waals surface area contributed by atoms with Crippen molar-refractivity contribution in [2.45, 2.75) is 39.5 Å². The smallest absolute Gasteiger partial charge is 0.239 e. The van der Waals surface area contributed by atoms with E-state index in [1.54, 1.807) is 0 Å². The lowest BCUT2D eigenvalue weighted by molar-refractivity contribution is -0.130. The molecular formula is C17H30N4O4. The van der Waals surface area contributed by atoms with E-state index in [-0.39, 0.29) is 37.2 Å². The number of hydrogen-bond acceptors (Lipinski definition) is 5. The Kier molecular flexibility index (Phi) is 9.76. The predicted molar refractivity (Wildman–Crippen MR) is 93.7 cm³/mol. The molecular weight excluding hydrogens is 324 g/mol. The van der Waals surface area contributed by atoms with Crippen LogP contribution < -0.4 is 21.3 Å². The molecule has 0 aliphatic heterocycles. The van der Waals surface area contributed by atoms with Gasteiger partial charge in [-0.25, -0.2) is 0 Å². The van der Waals surface area contributed by atoms with Crippen molar-refractivity contribution >= 4 is 23.5 Å². The number of ketones is 1. The van der Waals surface area contributed by atoms with Crippen LogP contribution in [0.3, 0.4) is 0 Å². The Bertz CT molecular complexity index is 473. The third-order valence-electron chi connectivity index (χ3n) is 4.30. The van der Waals surface area contributed by atoms with E-state index in [0.29, 0.717) is 5.92 Å². The number of carbonyl (C=O) groups is 4. The van der Waals surface area contributed by atoms with Crippen molar-refractivity contribution in [2.24, 2.45) is 11.8 Å². The number of amides is 3. The maximum absolute atomic E-state index is 12.1. The van der Waals surface area contributed by atoms with Crippen LogP contribution in [0, 0.1) is 11.8 Å². The molecule has 0 unspecified atom stereocenters. The van der Waals surface area contributed by atoms with Crippen molar-refractivity contribution < 1.29 is 19.2 Å². The summed E-state index contributed by atoms with van der Waals surface area (Å²) in [5.74, 6) is -0.531. The van der Waals surface area contributed by atoms with Crippen LogP contribution in [-0.4, -0.2) is 56.2 Å². The van der Waals surface area contributed by atoms with Gasteiger partial charge in [0.15, 0.2) is 0 Å². The fourth-order valence-corrected chi connectivity index (χ4v) is 2.82. The van der Waals surface area contributed by atoms with E-state index in [4.69, 9.17) is 0 Å². The maximum Gasteiger partial charge on any atom is 0.239 e. The molecule has 8 nitrogen and oxygen atoms in total. The van der Waals surface area contributed by atoms with Gasteiger partial charge in [-0.05, 0) is 51.6 Å². The van der Waals surface area contributed by atoms with Crippen molar-refractivity contribution in [3.63, 3.8) is 0 Å². The van der Waals surface area contributed by atoms with Crippen LogP contribution in [0.4, 0.5) is 0 Å². The molecule has 1 fully saturated rings. The highest BCUT2D eigenvalue weighted by Gasteiger charge is 2.26. The monoisotopic (exact) mass is 354 g/mol. The maximum atomic E-state index is 12.1. The number of carbonyl (C=O) groups excluding carboxylic acids is 4. The quantitative estimate of drug-likeness (QED) is 0.416. The largest absolute Gasteiger partial charge is 0.348 e. The summed E-state index contributed by atoms with van der Waals surface area (Å²) < 4.78 is 0. The molecule has 25 heavy (non-hydrogen) atoms. The van der Waals surface area contributed by atoms with E-state index in [1.807, 2.05) is 0 Å². The zero-order valence-electron chi connectivity index (χ0n) is 15.2. The van der Waals surface area contributed by atoms with Crippen LogP contribution in [0.1, 0.15) is 39.5 Å². The van der Waals surface area contributed by atoms with Gasteiger partial charge in [0.1, 0.15) is 5.78 Å². The van der Waals surface area contributed by atoms with Gasteiger partial charge in [-0.2, -0.15) is 0 Å². The minimum Gasteiger partial charge on any atom is -0.348 e. The average Bonchev–Trinajstić information content (AvgIpc) is 2.61. The van der Waals surface area contributed by atoms with Gasteiger partial charge in [-0.1, -0.05) is 6.92 Å². The zero-order chi connectivity index (χ0) is 18.7. The highest BCUT2D eigenvalue weighted by Crippen LogP contribution is 2.28. The standard InChI is InChI=1S/C17H30N4O4/c1-3-18-9-13-4-6-14(7-5-13)17(25)21-11-16(24)20-10-15(23)19-8-12(2)22/h13-14,18H,3-11H2,1-2H3,(H,19,23)(H,20,24)(H,21,25). The Morgan fingerprint density at radius 3 is 1.96 bits per heavy atom. The van der Waals surface area contributed by atoms with Crippen LogP contribution >= 0.6 is 0 Å². The third kappa shape index (κ3) is 9.19. The summed E-state index contributed by atoms with van der Waals surface area (Å²) in [5.41, 5.74) is 0. The lowest BCUT2D eigenvalue weighted by Crippen LogP contribution is -2.44. The van der Waals surface area contributed by atoms with Gasteiger partial charge in [0.25, 0.3) is 0 Å². The predicted octanol–water partition coefficient (Wildman–Crippen LogP) is -0.660. The molecule has 0 saturated heterocycles. The van der Waals surface area contributed by atoms with E-state index in [2.05, 4.69) is 28.2 Å². The van der Waals surface area contributed by atoms with Gasteiger partial charge >= 0.3 is 0 Å². The molecule has 3 amide bonds. The second kappa shape index (κ2) is 11.6. The molecule has 0 spiro atoms. The molecule has 1 aliphatic rings. The van der Waals surface area contributed by atoms with Crippen LogP contribution in [-0.2, 0) is 19.2 Å². The number of Topliss-reactive ketones (excluding diaryl/α,β-unsaturated/α-hetero) is 1. The molecule has 1 saturated carbocycles. The summed E-state index contributed by atoms with van der Waals surface area (Å²) in [6.07, 6.45) is 3.73. The second-order valence-corrected chi connectivity index (χ2v) is 6.50. The van der Waals surface area contributed by atoms with E-state index in [9.17, 15) is 19.2 Å². The molecule has 0 atom stereocenters. The van der Waals surface area contributed by atoms with Gasteiger partial charge in [0, 0.05) is 5.92 Å². The molecule has 1 rings (SSSR count). The van der Waals surface area contributed by atoms with E-state index >= 15 is 0 Å². The topological polar surface area (TPSA) is 116 Å². The Labute approximate surface area is 148 Å². The van der Waals surface area contributed by atoms with Crippen LogP contribution in [0.5, 0.6) is 0 Å². The molecule has 142 valence electrons. The lowest BCUT2D eigenvalue weighted by Gasteiger charge is -2.27. The summed E-state index contributed by atoms with van der Waals surface area (Å²) in [5, 5.41) is 10.8. The molecule has 0 aromatic rings. The molecule has 0 aromatic heterocycles. The van der Waals surface area contributed by atoms with Gasteiger partial charge in [-0.3, -0.25) is 19.2 Å². The fraction of sp³-hybridized carbons (Fsp3) is 0.765. The Morgan fingerprint density at radius 1 is 0.840 bits per heavy atom. The first-order chi connectivity index (χ1) is 11.9. The Morgan fingerprint density at radius 2 is 1.40 bits per heavy atom. The van der Waals surface area contributed by atoms with Gasteiger partial charge in [-0.15, -0.1) is 0 Å². The summed E-state index contributed by atoms with van der Waals surface area (Å²) in [6, 6.07) is 0. The Balaban J connectivity index is 2.16. The molecule has 1 aliphatic carbocycles. The van der Waals surface area contributed by atoms with E-state index < -0.39 is 11.8 Å². The SMILES string of the molecule is CCNCC1CCC(C(=O)NCC(=O)NCC(=O)NCC(C)=O)CC1. The number of nitrogens with one attached hydrogen (secondary N) is 4. The molecule has 8 heteroatoms. The van der Waals surface area contributed by atoms with Gasteiger partial charge in [0.2, 0.25) is 17.7 Å². The van der Waals surface area contributed by atoms with Gasteiger partial charge < -0.3 is 21.3 Å². The summed E-state index contributed by atoms with van der Waals surface area (Å²) >= 11 is 0. The minimum absolute atomic E-state index is 0.0375. The van der Waals surface area contributed by atoms with Gasteiger partial charge in [0.05, 0.1) is 19.6 Å². The average molecular weight is 354 g/mol. The summed E-state index contributed by atoms with van der Waals surface area (Å²) in [6.45, 7) is 5.00. The molecule has 0 heterocycles. The van der Waals surface area contributed by atoms with Crippen molar-refractivity contribution in [3.05, 3.63) is 0 Å². The highest BCUT2D eigenvalue weighted by molar-refractivity contribution is 5.90. The first-order valence-electron chi connectivity index (χ1n) is 8.93. The molecule has 0 bridgehead atoms. The first-order valence-corrected chi connectivity index (χ1v) is 8.93. The fourth-order valence-electron chi connectivity index (χ4n) is 2.82. The minimum atomic E-state index is -0.436.